The molecule has 1 saturated heterocycles. The van der Waals surface area contributed by atoms with Gasteiger partial charge in [-0.25, -0.2) is 0 Å². The van der Waals surface area contributed by atoms with Crippen LogP contribution in [0.25, 0.3) is 0 Å². The molecule has 0 N–H and O–H groups in total. The zero-order valence-electron chi connectivity index (χ0n) is 9.87. The molecule has 1 heterocycles. The van der Waals surface area contributed by atoms with Crippen LogP contribution in [0.5, 0.6) is 0 Å². The molecule has 0 saturated carbocycles. The van der Waals surface area contributed by atoms with Gasteiger partial charge in [0, 0.05) is 9.67 Å². The number of halogens is 1. The molecule has 1 aliphatic heterocycles. The fourth-order valence-electron chi connectivity index (χ4n) is 2.12. The average molecular weight is 330 g/mol. The van der Waals surface area contributed by atoms with Crippen molar-refractivity contribution in [1.82, 2.24) is 0 Å². The van der Waals surface area contributed by atoms with E-state index in [1.165, 1.54) is 3.57 Å². The summed E-state index contributed by atoms with van der Waals surface area (Å²) in [5, 5.41) is 0. The molecule has 1 aromatic carbocycles. The molecular formula is C12H16BIO2. The first-order valence-electron chi connectivity index (χ1n) is 5.56. The predicted octanol–water partition coefficient (Wildman–Crippen LogP) is 2.59. The Morgan fingerprint density at radius 1 is 1.38 bits per heavy atom. The average Bonchev–Trinajstić information content (AvgIpc) is 2.15. The lowest BCUT2D eigenvalue weighted by Crippen LogP contribution is -2.52. The highest BCUT2D eigenvalue weighted by atomic mass is 127. The second kappa shape index (κ2) is 4.66. The standard InChI is InChI=1S/C12H16BIO2/c1-9-8-12(2,3)16-13(15-9)10-6-4-5-7-11(10)14/h4-7,9H,8H2,1-3H3. The van der Waals surface area contributed by atoms with Crippen molar-refractivity contribution in [2.75, 3.05) is 0 Å². The van der Waals surface area contributed by atoms with Crippen LogP contribution in [-0.2, 0) is 9.31 Å². The van der Waals surface area contributed by atoms with Gasteiger partial charge in [0.1, 0.15) is 0 Å². The van der Waals surface area contributed by atoms with Crippen molar-refractivity contribution >= 4 is 35.2 Å². The molecule has 4 heteroatoms. The summed E-state index contributed by atoms with van der Waals surface area (Å²) in [4.78, 5) is 0. The Morgan fingerprint density at radius 2 is 2.06 bits per heavy atom. The Kier molecular flexibility index (Phi) is 3.61. The van der Waals surface area contributed by atoms with Crippen molar-refractivity contribution in [2.45, 2.75) is 38.9 Å². The molecule has 16 heavy (non-hydrogen) atoms. The highest BCUT2D eigenvalue weighted by Gasteiger charge is 2.38. The Bertz CT molecular complexity index is 381. The van der Waals surface area contributed by atoms with Gasteiger partial charge in [-0.2, -0.15) is 0 Å². The first-order valence-corrected chi connectivity index (χ1v) is 6.63. The minimum absolute atomic E-state index is 0.110. The lowest BCUT2D eigenvalue weighted by Gasteiger charge is -2.38. The summed E-state index contributed by atoms with van der Waals surface area (Å²) >= 11 is 2.32. The quantitative estimate of drug-likeness (QED) is 0.582. The molecule has 1 atom stereocenters. The lowest BCUT2D eigenvalue weighted by atomic mass is 9.75. The van der Waals surface area contributed by atoms with Gasteiger partial charge < -0.3 is 9.31 Å². The molecule has 2 nitrogen and oxygen atoms in total. The third-order valence-electron chi connectivity index (χ3n) is 2.72. The fourth-order valence-corrected chi connectivity index (χ4v) is 2.76. The van der Waals surface area contributed by atoms with Crippen LogP contribution in [0.2, 0.25) is 0 Å². The smallest absolute Gasteiger partial charge is 0.405 e. The van der Waals surface area contributed by atoms with E-state index in [2.05, 4.69) is 55.5 Å². The molecule has 0 bridgehead atoms. The van der Waals surface area contributed by atoms with Gasteiger partial charge in [0.05, 0.1) is 5.60 Å². The van der Waals surface area contributed by atoms with E-state index < -0.39 is 0 Å². The topological polar surface area (TPSA) is 18.5 Å². The summed E-state index contributed by atoms with van der Waals surface area (Å²) in [6.07, 6.45) is 1.18. The fraction of sp³-hybridized carbons (Fsp3) is 0.500. The minimum Gasteiger partial charge on any atom is -0.405 e. The van der Waals surface area contributed by atoms with Crippen LogP contribution in [0, 0.1) is 3.57 Å². The summed E-state index contributed by atoms with van der Waals surface area (Å²) in [7, 11) is -0.230. The molecule has 2 rings (SSSR count). The Hall–Kier alpha value is -0.0651. The zero-order valence-corrected chi connectivity index (χ0v) is 12.0. The molecule has 0 aromatic heterocycles. The van der Waals surface area contributed by atoms with Crippen LogP contribution in [0.15, 0.2) is 24.3 Å². The molecule has 1 aliphatic rings. The second-order valence-corrected chi connectivity index (χ2v) is 6.04. The van der Waals surface area contributed by atoms with Gasteiger partial charge in [-0.05, 0) is 61.3 Å². The first kappa shape index (κ1) is 12.4. The zero-order chi connectivity index (χ0) is 11.8. The van der Waals surface area contributed by atoms with Crippen LogP contribution in [0.1, 0.15) is 27.2 Å². The summed E-state index contributed by atoms with van der Waals surface area (Å²) in [6, 6.07) is 8.20. The summed E-state index contributed by atoms with van der Waals surface area (Å²) in [6.45, 7) is 6.34. The maximum absolute atomic E-state index is 5.98. The van der Waals surface area contributed by atoms with Gasteiger partial charge in [0.15, 0.2) is 0 Å². The summed E-state index contributed by atoms with van der Waals surface area (Å²) in [5.74, 6) is 0. The number of hydrogen-bond donors (Lipinski definition) is 0. The largest absolute Gasteiger partial charge is 0.495 e. The van der Waals surface area contributed by atoms with E-state index in [-0.39, 0.29) is 18.8 Å². The van der Waals surface area contributed by atoms with Crippen LogP contribution in [0.4, 0.5) is 0 Å². The Labute approximate surface area is 111 Å². The van der Waals surface area contributed by atoms with E-state index in [9.17, 15) is 0 Å². The van der Waals surface area contributed by atoms with Gasteiger partial charge in [0.2, 0.25) is 0 Å². The van der Waals surface area contributed by atoms with E-state index in [1.54, 1.807) is 0 Å². The maximum atomic E-state index is 5.98. The molecule has 0 spiro atoms. The van der Waals surface area contributed by atoms with Crippen LogP contribution in [-0.4, -0.2) is 18.8 Å². The number of rotatable bonds is 1. The van der Waals surface area contributed by atoms with Crippen molar-refractivity contribution < 1.29 is 9.31 Å². The molecule has 0 amide bonds. The van der Waals surface area contributed by atoms with Crippen molar-refractivity contribution in [3.05, 3.63) is 27.8 Å². The lowest BCUT2D eigenvalue weighted by molar-refractivity contribution is -0.0230. The molecule has 0 radical (unpaired) electrons. The summed E-state index contributed by atoms with van der Waals surface area (Å²) < 4.78 is 13.0. The van der Waals surface area contributed by atoms with Crippen molar-refractivity contribution in [3.8, 4) is 0 Å². The highest BCUT2D eigenvalue weighted by Crippen LogP contribution is 2.26. The van der Waals surface area contributed by atoms with Crippen LogP contribution >= 0.6 is 22.6 Å². The van der Waals surface area contributed by atoms with E-state index in [4.69, 9.17) is 9.31 Å². The van der Waals surface area contributed by atoms with E-state index >= 15 is 0 Å². The third-order valence-corrected chi connectivity index (χ3v) is 3.70. The monoisotopic (exact) mass is 330 g/mol. The Morgan fingerprint density at radius 3 is 2.69 bits per heavy atom. The van der Waals surface area contributed by atoms with Crippen LogP contribution < -0.4 is 5.46 Å². The molecule has 1 fully saturated rings. The van der Waals surface area contributed by atoms with Gasteiger partial charge in [-0.3, -0.25) is 0 Å². The van der Waals surface area contributed by atoms with E-state index in [0.717, 1.165) is 11.9 Å². The molecule has 1 unspecified atom stereocenters. The van der Waals surface area contributed by atoms with Gasteiger partial charge in [-0.1, -0.05) is 18.2 Å². The highest BCUT2D eigenvalue weighted by molar-refractivity contribution is 14.1. The van der Waals surface area contributed by atoms with Crippen molar-refractivity contribution in [3.63, 3.8) is 0 Å². The number of benzene rings is 1. The minimum atomic E-state index is -0.230. The molecule has 0 aliphatic carbocycles. The van der Waals surface area contributed by atoms with E-state index in [0.29, 0.717) is 0 Å². The normalized spacial score (nSPS) is 24.5. The SMILES string of the molecule is CC1CC(C)(C)OB(c2ccccc2I)O1. The van der Waals surface area contributed by atoms with Gasteiger partial charge in [-0.15, -0.1) is 0 Å². The van der Waals surface area contributed by atoms with E-state index in [1.807, 2.05) is 12.1 Å². The van der Waals surface area contributed by atoms with Gasteiger partial charge >= 0.3 is 7.12 Å². The number of hydrogen-bond acceptors (Lipinski definition) is 2. The first-order chi connectivity index (χ1) is 7.48. The molecule has 86 valence electrons. The third kappa shape index (κ3) is 2.78. The van der Waals surface area contributed by atoms with Crippen molar-refractivity contribution in [1.29, 1.82) is 0 Å². The predicted molar refractivity (Wildman–Crippen MR) is 74.9 cm³/mol. The summed E-state index contributed by atoms with van der Waals surface area (Å²) in [5.41, 5.74) is 1.02. The second-order valence-electron chi connectivity index (χ2n) is 4.88. The Balaban J connectivity index is 2.25. The van der Waals surface area contributed by atoms with Gasteiger partial charge in [0.25, 0.3) is 0 Å². The van der Waals surface area contributed by atoms with Crippen molar-refractivity contribution in [2.24, 2.45) is 0 Å². The maximum Gasteiger partial charge on any atom is 0.495 e. The molecule has 1 aromatic rings. The molecular weight excluding hydrogens is 314 g/mol. The van der Waals surface area contributed by atoms with Crippen LogP contribution in [0.3, 0.4) is 0 Å².